The number of hydrogen-bond acceptors (Lipinski definition) is 5. The number of fused-ring (bicyclic) bond motifs is 2. The summed E-state index contributed by atoms with van der Waals surface area (Å²) in [4.78, 5) is 28.3. The lowest BCUT2D eigenvalue weighted by atomic mass is 10.0. The predicted octanol–water partition coefficient (Wildman–Crippen LogP) is 0.433. The first-order valence-electron chi connectivity index (χ1n) is 6.58. The Morgan fingerprint density at radius 1 is 1.15 bits per heavy atom. The third kappa shape index (κ3) is 1.97. The van der Waals surface area contributed by atoms with Crippen LogP contribution >= 0.6 is 0 Å². The van der Waals surface area contributed by atoms with Crippen LogP contribution in [0.2, 0.25) is 0 Å². The molecule has 20 heavy (non-hydrogen) atoms. The van der Waals surface area contributed by atoms with Crippen LogP contribution < -0.4 is 0 Å². The third-order valence-electron chi connectivity index (χ3n) is 3.78. The predicted molar refractivity (Wildman–Crippen MR) is 72.2 cm³/mol. The molecule has 6 nitrogen and oxygen atoms in total. The molecule has 0 aromatic carbocycles. The van der Waals surface area contributed by atoms with Crippen molar-refractivity contribution in [2.24, 2.45) is 0 Å². The molecule has 1 fully saturated rings. The number of Topliss-reactive ketones (excluding diaryl/α,β-unsaturated/α-hetero) is 1. The van der Waals surface area contributed by atoms with E-state index in [0.29, 0.717) is 29.8 Å². The summed E-state index contributed by atoms with van der Waals surface area (Å²) < 4.78 is 5.41. The zero-order valence-corrected chi connectivity index (χ0v) is 11.3. The Bertz CT molecular complexity index is 640. The molecule has 0 saturated carbocycles. The minimum absolute atomic E-state index is 0.191. The van der Waals surface area contributed by atoms with E-state index in [1.807, 2.05) is 7.05 Å². The number of hydrogen-bond donors (Lipinski definition) is 1. The van der Waals surface area contributed by atoms with Gasteiger partial charge in [0.25, 0.3) is 5.91 Å². The topological polar surface area (TPSA) is 74.0 Å². The van der Waals surface area contributed by atoms with Crippen LogP contribution in [0.1, 0.15) is 20.7 Å². The number of rotatable bonds is 3. The number of ketones is 1. The molecule has 3 rings (SSSR count). The molecule has 0 radical (unpaired) electrons. The summed E-state index contributed by atoms with van der Waals surface area (Å²) in [5.74, 6) is -0.666. The second-order valence-corrected chi connectivity index (χ2v) is 5.09. The van der Waals surface area contributed by atoms with Gasteiger partial charge in [0.1, 0.15) is 17.8 Å². The maximum Gasteiger partial charge on any atom is 0.258 e. The first-order chi connectivity index (χ1) is 9.61. The van der Waals surface area contributed by atoms with E-state index in [2.05, 4.69) is 4.90 Å². The van der Waals surface area contributed by atoms with E-state index in [1.165, 1.54) is 0 Å². The summed E-state index contributed by atoms with van der Waals surface area (Å²) in [6, 6.07) is 3.34. The van der Waals surface area contributed by atoms with Crippen LogP contribution in [0.15, 0.2) is 16.5 Å². The van der Waals surface area contributed by atoms with Crippen LogP contribution in [-0.2, 0) is 0 Å². The van der Waals surface area contributed by atoms with Crippen LogP contribution in [-0.4, -0.2) is 66.4 Å². The molecule has 2 aromatic rings. The molecular weight excluding hydrogens is 260 g/mol. The number of likely N-dealkylation sites (N-methyl/N-ethyl adjacent to an activating group) is 1. The summed E-state index contributed by atoms with van der Waals surface area (Å²) in [6.45, 7) is 2.26. The summed E-state index contributed by atoms with van der Waals surface area (Å²) in [5, 5.41) is 9.05. The smallest absolute Gasteiger partial charge is 0.258 e. The molecule has 1 amide bonds. The van der Waals surface area contributed by atoms with E-state index in [1.54, 1.807) is 17.0 Å². The highest BCUT2D eigenvalue weighted by Crippen LogP contribution is 2.30. The van der Waals surface area contributed by atoms with E-state index in [-0.39, 0.29) is 11.5 Å². The first-order valence-corrected chi connectivity index (χ1v) is 6.58. The Balaban J connectivity index is 1.94. The standard InChI is InChI=1S/C14H16N2O4/c1-15-4-6-16(7-5-15)14(19)13-11-3-2-10(20-11)12(13)9(18)8-17/h2-3,17H,4-8H2,1H3. The molecule has 1 saturated heterocycles. The van der Waals surface area contributed by atoms with Gasteiger partial charge in [-0.2, -0.15) is 0 Å². The zero-order chi connectivity index (χ0) is 14.3. The van der Waals surface area contributed by atoms with Gasteiger partial charge in [0.05, 0.1) is 11.1 Å². The largest absolute Gasteiger partial charge is 0.456 e. The minimum atomic E-state index is -0.622. The number of carbonyl (C=O) groups excluding carboxylic acids is 2. The van der Waals surface area contributed by atoms with Gasteiger partial charge in [0, 0.05) is 26.2 Å². The number of amides is 1. The maximum absolute atomic E-state index is 12.6. The fourth-order valence-corrected chi connectivity index (χ4v) is 2.59. The Kier molecular flexibility index (Phi) is 3.19. The SMILES string of the molecule is CN1CCN(C(=O)c2c(C(=O)CO)c3ccc2o3)CC1. The molecule has 0 spiro atoms. The highest BCUT2D eigenvalue weighted by atomic mass is 16.3. The molecule has 0 aliphatic carbocycles. The van der Waals surface area contributed by atoms with Crippen molar-refractivity contribution in [3.8, 4) is 0 Å². The number of aliphatic hydroxyl groups is 1. The third-order valence-corrected chi connectivity index (χ3v) is 3.78. The number of furan rings is 2. The Morgan fingerprint density at radius 3 is 2.35 bits per heavy atom. The number of benzene rings is 1. The van der Waals surface area contributed by atoms with E-state index in [4.69, 9.17) is 9.52 Å². The quantitative estimate of drug-likeness (QED) is 0.823. The Labute approximate surface area is 115 Å². The second-order valence-electron chi connectivity index (χ2n) is 5.09. The van der Waals surface area contributed by atoms with Gasteiger partial charge in [0.15, 0.2) is 5.78 Å². The Morgan fingerprint density at radius 2 is 1.75 bits per heavy atom. The molecule has 106 valence electrons. The number of carbonyl (C=O) groups is 2. The van der Waals surface area contributed by atoms with Crippen molar-refractivity contribution in [1.29, 1.82) is 0 Å². The lowest BCUT2D eigenvalue weighted by molar-refractivity contribution is 0.0661. The normalized spacial score (nSPS) is 17.0. The highest BCUT2D eigenvalue weighted by Gasteiger charge is 2.30. The summed E-state index contributed by atoms with van der Waals surface area (Å²) in [6.07, 6.45) is 0. The van der Waals surface area contributed by atoms with Gasteiger partial charge in [-0.05, 0) is 19.2 Å². The van der Waals surface area contributed by atoms with E-state index < -0.39 is 12.4 Å². The molecule has 0 unspecified atom stereocenters. The first kappa shape index (κ1) is 13.1. The Hall–Kier alpha value is -1.92. The van der Waals surface area contributed by atoms with Crippen LogP contribution in [0.5, 0.6) is 0 Å². The number of nitrogens with zero attached hydrogens (tertiary/aromatic N) is 2. The van der Waals surface area contributed by atoms with Crippen molar-refractivity contribution in [3.63, 3.8) is 0 Å². The summed E-state index contributed by atoms with van der Waals surface area (Å²) in [5.41, 5.74) is 1.30. The van der Waals surface area contributed by atoms with E-state index >= 15 is 0 Å². The van der Waals surface area contributed by atoms with Crippen molar-refractivity contribution in [1.82, 2.24) is 9.80 Å². The van der Waals surface area contributed by atoms with Gasteiger partial charge in [-0.3, -0.25) is 9.59 Å². The van der Waals surface area contributed by atoms with Gasteiger partial charge in [0.2, 0.25) is 0 Å². The van der Waals surface area contributed by atoms with Crippen molar-refractivity contribution in [2.45, 2.75) is 0 Å². The number of aliphatic hydroxyl groups excluding tert-OH is 1. The zero-order valence-electron chi connectivity index (χ0n) is 11.3. The van der Waals surface area contributed by atoms with Gasteiger partial charge < -0.3 is 19.3 Å². The van der Waals surface area contributed by atoms with Gasteiger partial charge in [-0.15, -0.1) is 0 Å². The molecule has 1 aliphatic rings. The van der Waals surface area contributed by atoms with Crippen molar-refractivity contribution >= 4 is 22.9 Å². The monoisotopic (exact) mass is 276 g/mol. The molecule has 0 atom stereocenters. The van der Waals surface area contributed by atoms with Gasteiger partial charge >= 0.3 is 0 Å². The lowest BCUT2D eigenvalue weighted by Gasteiger charge is -2.32. The van der Waals surface area contributed by atoms with Crippen molar-refractivity contribution in [3.05, 3.63) is 23.3 Å². The fourth-order valence-electron chi connectivity index (χ4n) is 2.59. The lowest BCUT2D eigenvalue weighted by Crippen LogP contribution is -2.47. The minimum Gasteiger partial charge on any atom is -0.456 e. The molecule has 6 heteroatoms. The van der Waals surface area contributed by atoms with Crippen LogP contribution in [0, 0.1) is 0 Å². The molecule has 1 aliphatic heterocycles. The van der Waals surface area contributed by atoms with E-state index in [9.17, 15) is 9.59 Å². The maximum atomic E-state index is 12.6. The molecule has 1 N–H and O–H groups in total. The summed E-state index contributed by atoms with van der Waals surface area (Å²) in [7, 11) is 2.01. The van der Waals surface area contributed by atoms with Crippen molar-refractivity contribution in [2.75, 3.05) is 39.8 Å². The summed E-state index contributed by atoms with van der Waals surface area (Å²) >= 11 is 0. The molecule has 2 bridgehead atoms. The average molecular weight is 276 g/mol. The molecular formula is C14H16N2O4. The van der Waals surface area contributed by atoms with Gasteiger partial charge in [-0.1, -0.05) is 0 Å². The van der Waals surface area contributed by atoms with Crippen LogP contribution in [0.3, 0.4) is 0 Å². The molecule has 2 aromatic heterocycles. The second kappa shape index (κ2) is 4.88. The fraction of sp³-hybridized carbons (Fsp3) is 0.429. The van der Waals surface area contributed by atoms with Crippen LogP contribution in [0.25, 0.3) is 11.2 Å². The highest BCUT2D eigenvalue weighted by molar-refractivity contribution is 6.17. The molecule has 3 heterocycles. The number of piperazine rings is 1. The van der Waals surface area contributed by atoms with Gasteiger partial charge in [-0.25, -0.2) is 0 Å². The van der Waals surface area contributed by atoms with E-state index in [0.717, 1.165) is 13.1 Å². The average Bonchev–Trinajstić information content (AvgIpc) is 3.07. The van der Waals surface area contributed by atoms with Crippen LogP contribution in [0.4, 0.5) is 0 Å². The van der Waals surface area contributed by atoms with Crippen molar-refractivity contribution < 1.29 is 19.1 Å².